The Bertz CT molecular complexity index is 264. The zero-order valence-corrected chi connectivity index (χ0v) is 5.98. The molecule has 0 aromatic carbocycles. The summed E-state index contributed by atoms with van der Waals surface area (Å²) in [5.74, 6) is 0. The monoisotopic (exact) mass is 155 g/mol. The van der Waals surface area contributed by atoms with Crippen LogP contribution in [-0.2, 0) is 0 Å². The molecule has 0 saturated heterocycles. The summed E-state index contributed by atoms with van der Waals surface area (Å²) in [4.78, 5) is 12.9. The first-order valence-electron chi connectivity index (χ1n) is 2.73. The fourth-order valence-corrected chi connectivity index (χ4v) is 0.749. The van der Waals surface area contributed by atoms with Gasteiger partial charge in [0.25, 0.3) is 0 Å². The Morgan fingerprint density at radius 2 is 2.40 bits per heavy atom. The number of carbonyl (C=O) groups excluding carboxylic acids is 1. The molecule has 0 unspecified atom stereocenters. The van der Waals surface area contributed by atoms with Crippen LogP contribution in [0.5, 0.6) is 0 Å². The van der Waals surface area contributed by atoms with Crippen LogP contribution in [0.15, 0.2) is 18.7 Å². The number of carbonyl (C=O) groups is 1. The summed E-state index contributed by atoms with van der Waals surface area (Å²) < 4.78 is 0. The van der Waals surface area contributed by atoms with Crippen molar-refractivity contribution in [2.45, 2.75) is 0 Å². The number of hydrogen-bond acceptors (Lipinski definition) is 1. The van der Waals surface area contributed by atoms with Crippen LogP contribution in [0.25, 0.3) is 5.03 Å². The highest BCUT2D eigenvalue weighted by Gasteiger charge is 1.97. The van der Waals surface area contributed by atoms with Crippen LogP contribution in [-0.4, -0.2) is 11.3 Å². The van der Waals surface area contributed by atoms with Crippen molar-refractivity contribution in [1.82, 2.24) is 4.98 Å². The second kappa shape index (κ2) is 2.71. The fourth-order valence-electron chi connectivity index (χ4n) is 0.639. The molecule has 0 fully saturated rings. The lowest BCUT2D eigenvalue weighted by Gasteiger charge is -1.87. The number of hydrogen-bond donors (Lipinski definition) is 1. The van der Waals surface area contributed by atoms with Crippen molar-refractivity contribution in [1.29, 1.82) is 0 Å². The van der Waals surface area contributed by atoms with Crippen molar-refractivity contribution in [2.24, 2.45) is 0 Å². The van der Waals surface area contributed by atoms with Gasteiger partial charge in [-0.2, -0.15) is 0 Å². The van der Waals surface area contributed by atoms with Crippen molar-refractivity contribution >= 4 is 22.9 Å². The van der Waals surface area contributed by atoms with Gasteiger partial charge >= 0.3 is 0 Å². The van der Waals surface area contributed by atoms with E-state index in [-0.39, 0.29) is 0 Å². The van der Waals surface area contributed by atoms with E-state index in [1.165, 1.54) is 0 Å². The van der Waals surface area contributed by atoms with Gasteiger partial charge in [-0.3, -0.25) is 4.79 Å². The minimum atomic E-state index is 0.410. The maximum absolute atomic E-state index is 10.1. The van der Waals surface area contributed by atoms with E-state index in [4.69, 9.17) is 11.6 Å². The summed E-state index contributed by atoms with van der Waals surface area (Å²) in [6, 6.07) is 3.36. The highest BCUT2D eigenvalue weighted by atomic mass is 35.5. The molecule has 0 atom stereocenters. The molecule has 1 heterocycles. The van der Waals surface area contributed by atoms with Crippen LogP contribution >= 0.6 is 11.6 Å². The molecular weight excluding hydrogens is 150 g/mol. The summed E-state index contributed by atoms with van der Waals surface area (Å²) in [5.41, 5.74) is 1.19. The third-order valence-corrected chi connectivity index (χ3v) is 1.33. The Morgan fingerprint density at radius 1 is 1.70 bits per heavy atom. The molecule has 0 radical (unpaired) electrons. The molecule has 1 N–H and O–H groups in total. The zero-order chi connectivity index (χ0) is 7.56. The van der Waals surface area contributed by atoms with Gasteiger partial charge in [0.1, 0.15) is 0 Å². The van der Waals surface area contributed by atoms with Crippen LogP contribution in [0, 0.1) is 0 Å². The summed E-state index contributed by atoms with van der Waals surface area (Å²) in [6.07, 6.45) is 0.726. The Kier molecular flexibility index (Phi) is 1.92. The number of nitrogens with one attached hydrogen (secondary N) is 1. The maximum Gasteiger partial charge on any atom is 0.166 e. The van der Waals surface area contributed by atoms with E-state index in [9.17, 15) is 4.79 Å². The molecule has 2 nitrogen and oxygen atoms in total. The van der Waals surface area contributed by atoms with Gasteiger partial charge in [0.15, 0.2) is 6.29 Å². The van der Waals surface area contributed by atoms with Gasteiger partial charge in [0.05, 0.1) is 16.4 Å². The van der Waals surface area contributed by atoms with Crippen molar-refractivity contribution in [3.8, 4) is 0 Å². The first kappa shape index (κ1) is 7.09. The molecule has 1 rings (SSSR count). The molecule has 0 saturated carbocycles. The standard InChI is InChI=1S/C7H6ClNO/c1-5(8)7-3-2-6(4-10)9-7/h2-4,9H,1H2. The molecule has 0 aliphatic carbocycles. The third kappa shape index (κ3) is 1.28. The molecule has 0 amide bonds. The highest BCUT2D eigenvalue weighted by Crippen LogP contribution is 2.14. The number of halogens is 1. The highest BCUT2D eigenvalue weighted by molar-refractivity contribution is 6.48. The SMILES string of the molecule is C=C(Cl)c1ccc(C=O)[nH]1. The molecule has 0 aliphatic rings. The minimum Gasteiger partial charge on any atom is -0.352 e. The number of aromatic nitrogens is 1. The number of aromatic amines is 1. The normalized spacial score (nSPS) is 9.30. The van der Waals surface area contributed by atoms with Gasteiger partial charge in [0, 0.05) is 0 Å². The Labute approximate surface area is 63.5 Å². The predicted octanol–water partition coefficient (Wildman–Crippen LogP) is 2.04. The largest absolute Gasteiger partial charge is 0.352 e. The van der Waals surface area contributed by atoms with E-state index in [0.717, 1.165) is 6.29 Å². The molecule has 10 heavy (non-hydrogen) atoms. The first-order valence-corrected chi connectivity index (χ1v) is 3.11. The maximum atomic E-state index is 10.1. The minimum absolute atomic E-state index is 0.410. The molecule has 0 spiro atoms. The van der Waals surface area contributed by atoms with E-state index >= 15 is 0 Å². The van der Waals surface area contributed by atoms with E-state index in [1.807, 2.05) is 0 Å². The van der Waals surface area contributed by atoms with Crippen molar-refractivity contribution in [3.05, 3.63) is 30.1 Å². The summed E-state index contributed by atoms with van der Waals surface area (Å²) in [6.45, 7) is 3.49. The van der Waals surface area contributed by atoms with E-state index in [2.05, 4.69) is 11.6 Å². The summed E-state index contributed by atoms with van der Waals surface area (Å²) in [7, 11) is 0. The topological polar surface area (TPSA) is 32.9 Å². The molecular formula is C7H6ClNO. The van der Waals surface area contributed by atoms with E-state index in [0.29, 0.717) is 16.4 Å². The van der Waals surface area contributed by atoms with Crippen molar-refractivity contribution in [2.75, 3.05) is 0 Å². The lowest BCUT2D eigenvalue weighted by Crippen LogP contribution is -1.78. The summed E-state index contributed by atoms with van der Waals surface area (Å²) in [5, 5.41) is 0.410. The van der Waals surface area contributed by atoms with Gasteiger partial charge < -0.3 is 4.98 Å². The second-order valence-corrected chi connectivity index (χ2v) is 2.31. The van der Waals surface area contributed by atoms with E-state index < -0.39 is 0 Å². The average Bonchev–Trinajstić information content (AvgIpc) is 2.34. The third-order valence-electron chi connectivity index (χ3n) is 1.13. The average molecular weight is 156 g/mol. The van der Waals surface area contributed by atoms with Crippen molar-refractivity contribution < 1.29 is 4.79 Å². The van der Waals surface area contributed by atoms with Crippen molar-refractivity contribution in [3.63, 3.8) is 0 Å². The smallest absolute Gasteiger partial charge is 0.166 e. The summed E-state index contributed by atoms with van der Waals surface area (Å²) >= 11 is 5.53. The Hall–Kier alpha value is -1.02. The Balaban J connectivity index is 2.98. The quantitative estimate of drug-likeness (QED) is 0.652. The van der Waals surface area contributed by atoms with Crippen LogP contribution in [0.2, 0.25) is 0 Å². The predicted molar refractivity (Wildman–Crippen MR) is 41.1 cm³/mol. The molecule has 0 bridgehead atoms. The molecule has 0 aliphatic heterocycles. The first-order chi connectivity index (χ1) is 4.74. The van der Waals surface area contributed by atoms with Crippen LogP contribution in [0.4, 0.5) is 0 Å². The van der Waals surface area contributed by atoms with Crippen LogP contribution in [0.3, 0.4) is 0 Å². The molecule has 1 aromatic rings. The van der Waals surface area contributed by atoms with Gasteiger partial charge in [0.2, 0.25) is 0 Å². The number of rotatable bonds is 2. The van der Waals surface area contributed by atoms with Gasteiger partial charge in [-0.15, -0.1) is 0 Å². The van der Waals surface area contributed by atoms with Gasteiger partial charge in [-0.25, -0.2) is 0 Å². The Morgan fingerprint density at radius 3 is 2.70 bits per heavy atom. The number of aldehydes is 1. The second-order valence-electron chi connectivity index (χ2n) is 1.85. The number of H-pyrrole nitrogens is 1. The molecule has 52 valence electrons. The van der Waals surface area contributed by atoms with Crippen LogP contribution in [0.1, 0.15) is 16.2 Å². The molecule has 3 heteroatoms. The molecule has 1 aromatic heterocycles. The van der Waals surface area contributed by atoms with Crippen LogP contribution < -0.4 is 0 Å². The van der Waals surface area contributed by atoms with E-state index in [1.54, 1.807) is 12.1 Å². The van der Waals surface area contributed by atoms with Gasteiger partial charge in [-0.05, 0) is 12.1 Å². The zero-order valence-electron chi connectivity index (χ0n) is 5.23. The van der Waals surface area contributed by atoms with Gasteiger partial charge in [-0.1, -0.05) is 18.2 Å². The fraction of sp³-hybridized carbons (Fsp3) is 0. The lowest BCUT2D eigenvalue weighted by atomic mass is 10.4. The lowest BCUT2D eigenvalue weighted by molar-refractivity contribution is 0.111.